The van der Waals surface area contributed by atoms with Crippen molar-refractivity contribution < 1.29 is 46.6 Å². The van der Waals surface area contributed by atoms with Crippen molar-refractivity contribution >= 4 is 56.9 Å². The van der Waals surface area contributed by atoms with Crippen LogP contribution >= 0.6 is 23.2 Å². The van der Waals surface area contributed by atoms with E-state index in [9.17, 15) is 27.6 Å². The quantitative estimate of drug-likeness (QED) is 0.377. The second kappa shape index (κ2) is 12.5. The molecule has 1 aliphatic rings. The molecule has 0 bridgehead atoms. The lowest BCUT2D eigenvalue weighted by Crippen LogP contribution is -2.43. The van der Waals surface area contributed by atoms with E-state index in [2.05, 4.69) is 5.32 Å². The van der Waals surface area contributed by atoms with Gasteiger partial charge in [-0.05, 0) is 30.7 Å². The van der Waals surface area contributed by atoms with Gasteiger partial charge in [0.15, 0.2) is 18.2 Å². The summed E-state index contributed by atoms with van der Waals surface area (Å²) >= 11 is 12.4. The van der Waals surface area contributed by atoms with Crippen LogP contribution in [0.15, 0.2) is 39.8 Å². The summed E-state index contributed by atoms with van der Waals surface area (Å²) in [5.74, 6) is -4.09. The van der Waals surface area contributed by atoms with Gasteiger partial charge in [-0.1, -0.05) is 23.2 Å². The largest absolute Gasteiger partial charge is 0.481 e. The van der Waals surface area contributed by atoms with E-state index in [0.29, 0.717) is 0 Å². The number of nitrogens with one attached hydrogen (secondary N) is 1. The van der Waals surface area contributed by atoms with E-state index in [0.717, 1.165) is 10.4 Å². The molecule has 0 aliphatic carbocycles. The molecule has 1 aliphatic heterocycles. The first-order valence-corrected chi connectivity index (χ1v) is 13.0. The highest BCUT2D eigenvalue weighted by molar-refractivity contribution is 7.89. The number of amides is 1. The van der Waals surface area contributed by atoms with Gasteiger partial charge in [0.05, 0.1) is 41.1 Å². The number of esters is 1. The SMILES string of the molecule is O=C(O)CC[C@H](NC(=O)c1ccco1)C(=O)COC(=O)c1c(Cl)ccc(S(=O)(=O)N2CCOCC2)c1Cl. The molecule has 1 amide bonds. The van der Waals surface area contributed by atoms with Crippen molar-refractivity contribution in [1.29, 1.82) is 0 Å². The van der Waals surface area contributed by atoms with Crippen molar-refractivity contribution in [2.45, 2.75) is 23.8 Å². The molecule has 1 aromatic heterocycles. The summed E-state index contributed by atoms with van der Waals surface area (Å²) in [6.45, 7) is -0.301. The molecule has 200 valence electrons. The Morgan fingerprint density at radius 1 is 1.14 bits per heavy atom. The number of halogens is 2. The summed E-state index contributed by atoms with van der Waals surface area (Å²) < 4.78 is 42.3. The highest BCUT2D eigenvalue weighted by Crippen LogP contribution is 2.33. The zero-order valence-corrected chi connectivity index (χ0v) is 21.5. The number of carboxylic acids is 1. The fourth-order valence-corrected chi connectivity index (χ4v) is 5.67. The highest BCUT2D eigenvalue weighted by atomic mass is 35.5. The zero-order chi connectivity index (χ0) is 27.2. The predicted octanol–water partition coefficient (Wildman–Crippen LogP) is 2.00. The van der Waals surface area contributed by atoms with E-state index in [-0.39, 0.29) is 48.4 Å². The molecule has 12 nitrogen and oxygen atoms in total. The summed E-state index contributed by atoms with van der Waals surface area (Å²) in [6, 6.07) is 3.80. The van der Waals surface area contributed by atoms with Crippen LogP contribution in [0.3, 0.4) is 0 Å². The molecule has 37 heavy (non-hydrogen) atoms. The normalized spacial score (nSPS) is 15.1. The Labute approximate surface area is 221 Å². The summed E-state index contributed by atoms with van der Waals surface area (Å²) in [7, 11) is -4.08. The Morgan fingerprint density at radius 3 is 2.46 bits per heavy atom. The van der Waals surface area contributed by atoms with Crippen molar-refractivity contribution in [2.75, 3.05) is 32.9 Å². The number of nitrogens with zero attached hydrogens (tertiary/aromatic N) is 1. The number of rotatable bonds is 11. The molecule has 3 rings (SSSR count). The fraction of sp³-hybridized carbons (Fsp3) is 0.364. The van der Waals surface area contributed by atoms with E-state index < -0.39 is 63.3 Å². The van der Waals surface area contributed by atoms with Crippen molar-refractivity contribution in [3.63, 3.8) is 0 Å². The molecule has 0 spiro atoms. The van der Waals surface area contributed by atoms with Gasteiger partial charge in [-0.2, -0.15) is 4.31 Å². The number of carbonyl (C=O) groups is 4. The van der Waals surface area contributed by atoms with Gasteiger partial charge in [-0.3, -0.25) is 14.4 Å². The Kier molecular flexibility index (Phi) is 9.68. The summed E-state index contributed by atoms with van der Waals surface area (Å²) in [5, 5.41) is 10.6. The van der Waals surface area contributed by atoms with Crippen LogP contribution in [0, 0.1) is 0 Å². The third-order valence-corrected chi connectivity index (χ3v) is 8.04. The van der Waals surface area contributed by atoms with E-state index >= 15 is 0 Å². The van der Waals surface area contributed by atoms with Crippen LogP contribution in [0.5, 0.6) is 0 Å². The van der Waals surface area contributed by atoms with Gasteiger partial charge in [-0.15, -0.1) is 0 Å². The van der Waals surface area contributed by atoms with Crippen LogP contribution in [-0.4, -0.2) is 80.4 Å². The molecule has 1 saturated heterocycles. The third kappa shape index (κ3) is 7.08. The molecular formula is C22H22Cl2N2O10S. The first-order valence-electron chi connectivity index (χ1n) is 10.8. The maximum atomic E-state index is 13.0. The summed E-state index contributed by atoms with van der Waals surface area (Å²) in [6.07, 6.45) is 0.500. The Bertz CT molecular complexity index is 1270. The number of morpholine rings is 1. The van der Waals surface area contributed by atoms with Gasteiger partial charge in [0, 0.05) is 19.5 Å². The smallest absolute Gasteiger partial charge is 0.341 e. The topological polar surface area (TPSA) is 170 Å². The van der Waals surface area contributed by atoms with E-state index in [4.69, 9.17) is 42.2 Å². The number of ketones is 1. The lowest BCUT2D eigenvalue weighted by molar-refractivity contribution is -0.137. The second-order valence-electron chi connectivity index (χ2n) is 7.73. The molecule has 2 aromatic rings. The van der Waals surface area contributed by atoms with Crippen LogP contribution in [0.1, 0.15) is 33.8 Å². The summed E-state index contributed by atoms with van der Waals surface area (Å²) in [4.78, 5) is 48.3. The van der Waals surface area contributed by atoms with Crippen molar-refractivity contribution in [3.05, 3.63) is 51.9 Å². The second-order valence-corrected chi connectivity index (χ2v) is 10.4. The molecular weight excluding hydrogens is 555 g/mol. The molecule has 0 unspecified atom stereocenters. The molecule has 0 saturated carbocycles. The standard InChI is InChI=1S/C22H22Cl2N2O10S/c23-13-3-5-17(37(32,33)26-7-10-34-11-8-26)20(24)19(13)22(31)36-12-15(27)14(4-6-18(28)29)25-21(30)16-2-1-9-35-16/h1-3,5,9,14H,4,6-8,10-12H2,(H,25,30)(H,28,29)/t14-/m0/s1. The predicted molar refractivity (Wildman–Crippen MR) is 128 cm³/mol. The fourth-order valence-electron chi connectivity index (χ4n) is 3.37. The van der Waals surface area contributed by atoms with Crippen LogP contribution in [0.25, 0.3) is 0 Å². The minimum absolute atomic E-state index is 0.0943. The van der Waals surface area contributed by atoms with Crippen molar-refractivity contribution in [1.82, 2.24) is 9.62 Å². The lowest BCUT2D eigenvalue weighted by Gasteiger charge is -2.26. The first kappa shape index (κ1) is 28.6. The van der Waals surface area contributed by atoms with Gasteiger partial charge >= 0.3 is 11.9 Å². The number of hydrogen-bond acceptors (Lipinski definition) is 9. The number of furan rings is 1. The van der Waals surface area contributed by atoms with E-state index in [1.54, 1.807) is 0 Å². The summed E-state index contributed by atoms with van der Waals surface area (Å²) in [5.41, 5.74) is -0.466. The number of ether oxygens (including phenoxy) is 2. The number of sulfonamides is 1. The van der Waals surface area contributed by atoms with Gasteiger partial charge in [-0.25, -0.2) is 13.2 Å². The van der Waals surface area contributed by atoms with Gasteiger partial charge in [0.25, 0.3) is 5.91 Å². The monoisotopic (exact) mass is 576 g/mol. The molecule has 0 radical (unpaired) electrons. The molecule has 1 fully saturated rings. The van der Waals surface area contributed by atoms with Gasteiger partial charge in [0.1, 0.15) is 4.90 Å². The minimum Gasteiger partial charge on any atom is -0.481 e. The molecule has 1 aromatic carbocycles. The van der Waals surface area contributed by atoms with Crippen molar-refractivity contribution in [2.24, 2.45) is 0 Å². The van der Waals surface area contributed by atoms with E-state index in [1.165, 1.54) is 24.5 Å². The number of hydrogen-bond donors (Lipinski definition) is 2. The molecule has 15 heteroatoms. The van der Waals surface area contributed by atoms with Crippen LogP contribution in [0.4, 0.5) is 0 Å². The molecule has 2 heterocycles. The number of carbonyl (C=O) groups excluding carboxylic acids is 3. The van der Waals surface area contributed by atoms with Crippen LogP contribution < -0.4 is 5.32 Å². The number of benzene rings is 1. The number of aliphatic carboxylic acids is 1. The van der Waals surface area contributed by atoms with Crippen LogP contribution in [0.2, 0.25) is 10.0 Å². The average molecular weight is 577 g/mol. The zero-order valence-electron chi connectivity index (χ0n) is 19.1. The maximum Gasteiger partial charge on any atom is 0.341 e. The Balaban J connectivity index is 1.75. The van der Waals surface area contributed by atoms with E-state index in [1.807, 2.05) is 0 Å². The number of carboxylic acid groups (broad SMARTS) is 1. The third-order valence-electron chi connectivity index (χ3n) is 5.28. The Morgan fingerprint density at radius 2 is 1.84 bits per heavy atom. The number of Topliss-reactive ketones (excluding diaryl/α,β-unsaturated/α-hetero) is 1. The van der Waals surface area contributed by atoms with Crippen molar-refractivity contribution in [3.8, 4) is 0 Å². The Hall–Kier alpha value is -2.97. The highest BCUT2D eigenvalue weighted by Gasteiger charge is 2.32. The molecule has 2 N–H and O–H groups in total. The van der Waals surface area contributed by atoms with Gasteiger partial charge < -0.3 is 24.3 Å². The minimum atomic E-state index is -4.08. The van der Waals surface area contributed by atoms with Gasteiger partial charge in [0.2, 0.25) is 10.0 Å². The maximum absolute atomic E-state index is 13.0. The first-order chi connectivity index (χ1) is 17.5. The lowest BCUT2D eigenvalue weighted by atomic mass is 10.1. The average Bonchev–Trinajstić information content (AvgIpc) is 3.40. The van der Waals surface area contributed by atoms with Crippen LogP contribution in [-0.2, 0) is 29.1 Å². The molecule has 1 atom stereocenters.